The lowest BCUT2D eigenvalue weighted by atomic mass is 10.2. The first-order valence-corrected chi connectivity index (χ1v) is 10.2. The molecule has 1 aliphatic rings. The zero-order chi connectivity index (χ0) is 18.6. The summed E-state index contributed by atoms with van der Waals surface area (Å²) in [5.74, 6) is 0.812. The molecule has 1 saturated heterocycles. The number of rotatable bonds is 5. The summed E-state index contributed by atoms with van der Waals surface area (Å²) in [6, 6.07) is 10.0. The topological polar surface area (TPSA) is 63.3 Å². The molecule has 140 valence electrons. The Labute approximate surface area is 167 Å². The predicted molar refractivity (Wildman–Crippen MR) is 110 cm³/mol. The molecule has 0 radical (unpaired) electrons. The van der Waals surface area contributed by atoms with E-state index in [0.717, 1.165) is 53.6 Å². The van der Waals surface area contributed by atoms with E-state index in [9.17, 15) is 0 Å². The third-order valence-corrected chi connectivity index (χ3v) is 5.90. The van der Waals surface area contributed by atoms with Gasteiger partial charge >= 0.3 is 0 Å². The molecule has 4 rings (SSSR count). The molecule has 7 nitrogen and oxygen atoms in total. The van der Waals surface area contributed by atoms with Gasteiger partial charge in [0.2, 0.25) is 11.1 Å². The van der Waals surface area contributed by atoms with Crippen molar-refractivity contribution in [3.63, 3.8) is 0 Å². The predicted octanol–water partition coefficient (Wildman–Crippen LogP) is 1.88. The van der Waals surface area contributed by atoms with Crippen LogP contribution in [0.5, 0.6) is 0 Å². The zero-order valence-corrected chi connectivity index (χ0v) is 16.8. The Morgan fingerprint density at radius 2 is 1.89 bits per heavy atom. The maximum atomic E-state index is 5.53. The van der Waals surface area contributed by atoms with Crippen LogP contribution in [0.4, 0.5) is 16.8 Å². The number of nitrogens with zero attached hydrogens (tertiary/aromatic N) is 5. The lowest BCUT2D eigenvalue weighted by Gasteiger charge is -2.31. The van der Waals surface area contributed by atoms with Crippen LogP contribution in [0.3, 0.4) is 0 Å². The second-order valence-corrected chi connectivity index (χ2v) is 8.18. The van der Waals surface area contributed by atoms with Crippen LogP contribution in [0, 0.1) is 10.9 Å². The van der Waals surface area contributed by atoms with Crippen LogP contribution in [0.15, 0.2) is 42.7 Å². The lowest BCUT2D eigenvalue weighted by molar-refractivity contribution is -0.924. The third kappa shape index (κ3) is 4.32. The van der Waals surface area contributed by atoms with Gasteiger partial charge in [-0.2, -0.15) is 4.68 Å². The van der Waals surface area contributed by atoms with E-state index in [-0.39, 0.29) is 0 Å². The molecule has 0 bridgehead atoms. The Balaban J connectivity index is 1.37. The number of aromatic nitrogens is 4. The highest BCUT2D eigenvalue weighted by atomic mass is 32.1. The number of anilines is 3. The van der Waals surface area contributed by atoms with Gasteiger partial charge in [-0.05, 0) is 36.8 Å². The summed E-state index contributed by atoms with van der Waals surface area (Å²) in [4.78, 5) is 12.4. The molecule has 0 atom stereocenters. The molecule has 2 aromatic heterocycles. The summed E-state index contributed by atoms with van der Waals surface area (Å²) in [5, 5.41) is 8.90. The van der Waals surface area contributed by atoms with Crippen molar-refractivity contribution in [2.24, 2.45) is 0 Å². The molecule has 0 spiro atoms. The Hall–Kier alpha value is -2.36. The Morgan fingerprint density at radius 1 is 1.15 bits per heavy atom. The third-order valence-electron chi connectivity index (χ3n) is 4.67. The van der Waals surface area contributed by atoms with Crippen molar-refractivity contribution in [2.75, 3.05) is 36.4 Å². The normalized spacial score (nSPS) is 15.1. The van der Waals surface area contributed by atoms with E-state index in [4.69, 9.17) is 12.2 Å². The average Bonchev–Trinajstić information content (AvgIpc) is 3.04. The van der Waals surface area contributed by atoms with E-state index in [2.05, 4.69) is 44.3 Å². The van der Waals surface area contributed by atoms with E-state index in [0.29, 0.717) is 0 Å². The maximum Gasteiger partial charge on any atom is 0.225 e. The van der Waals surface area contributed by atoms with Crippen molar-refractivity contribution in [2.45, 2.75) is 13.6 Å². The van der Waals surface area contributed by atoms with Crippen molar-refractivity contribution in [1.82, 2.24) is 19.7 Å². The number of hydrogen-bond donors (Lipinski definition) is 2. The lowest BCUT2D eigenvalue weighted by Crippen LogP contribution is -3.14. The number of quaternary nitrogens is 1. The van der Waals surface area contributed by atoms with Gasteiger partial charge in [-0.25, -0.2) is 9.97 Å². The Morgan fingerprint density at radius 3 is 2.63 bits per heavy atom. The minimum absolute atomic E-state index is 0.786. The van der Waals surface area contributed by atoms with E-state index in [1.54, 1.807) is 12.4 Å². The van der Waals surface area contributed by atoms with Gasteiger partial charge < -0.3 is 15.1 Å². The van der Waals surface area contributed by atoms with Gasteiger partial charge in [-0.15, -0.1) is 5.10 Å². The number of nitrogens with one attached hydrogen (secondary N) is 2. The molecular weight excluding hydrogens is 378 g/mol. The fourth-order valence-electron chi connectivity index (χ4n) is 3.13. The van der Waals surface area contributed by atoms with Gasteiger partial charge in [-0.3, -0.25) is 0 Å². The second kappa shape index (κ2) is 8.12. The summed E-state index contributed by atoms with van der Waals surface area (Å²) in [7, 11) is 0. The van der Waals surface area contributed by atoms with Gasteiger partial charge in [0, 0.05) is 18.1 Å². The quantitative estimate of drug-likeness (QED) is 0.638. The van der Waals surface area contributed by atoms with Crippen molar-refractivity contribution in [3.05, 3.63) is 52.2 Å². The zero-order valence-electron chi connectivity index (χ0n) is 15.1. The summed E-state index contributed by atoms with van der Waals surface area (Å²) in [5.41, 5.74) is 2.26. The highest BCUT2D eigenvalue weighted by molar-refractivity contribution is 7.73. The van der Waals surface area contributed by atoms with Crippen molar-refractivity contribution >= 4 is 40.3 Å². The van der Waals surface area contributed by atoms with Crippen LogP contribution in [-0.4, -0.2) is 45.9 Å². The van der Waals surface area contributed by atoms with Crippen LogP contribution < -0.4 is 15.1 Å². The van der Waals surface area contributed by atoms with Gasteiger partial charge in [-0.1, -0.05) is 29.5 Å². The van der Waals surface area contributed by atoms with Gasteiger partial charge in [0.05, 0.1) is 26.2 Å². The first-order valence-electron chi connectivity index (χ1n) is 8.95. The number of para-hydroxylation sites is 1. The van der Waals surface area contributed by atoms with E-state index in [1.807, 2.05) is 22.9 Å². The molecule has 3 heterocycles. The molecule has 0 aliphatic carbocycles. The molecule has 27 heavy (non-hydrogen) atoms. The van der Waals surface area contributed by atoms with Gasteiger partial charge in [0.15, 0.2) is 10.6 Å². The number of aryl methyl sites for hydroxylation is 1. The minimum Gasteiger partial charge on any atom is -0.330 e. The summed E-state index contributed by atoms with van der Waals surface area (Å²) in [6.07, 6.45) is 3.58. The highest BCUT2D eigenvalue weighted by Gasteiger charge is 2.22. The van der Waals surface area contributed by atoms with Crippen molar-refractivity contribution in [1.29, 1.82) is 0 Å². The maximum absolute atomic E-state index is 5.53. The van der Waals surface area contributed by atoms with Crippen LogP contribution >= 0.6 is 23.6 Å². The Bertz CT molecular complexity index is 946. The number of piperazine rings is 1. The van der Waals surface area contributed by atoms with E-state index in [1.165, 1.54) is 21.8 Å². The highest BCUT2D eigenvalue weighted by Crippen LogP contribution is 2.22. The summed E-state index contributed by atoms with van der Waals surface area (Å²) < 4.78 is 2.73. The van der Waals surface area contributed by atoms with Crippen molar-refractivity contribution in [3.8, 4) is 0 Å². The van der Waals surface area contributed by atoms with Crippen LogP contribution in [-0.2, 0) is 6.67 Å². The molecule has 0 saturated carbocycles. The fraction of sp³-hybridized carbons (Fsp3) is 0.333. The van der Waals surface area contributed by atoms with Crippen LogP contribution in [0.25, 0.3) is 0 Å². The fourth-order valence-corrected chi connectivity index (χ4v) is 4.15. The Kier molecular flexibility index (Phi) is 5.42. The van der Waals surface area contributed by atoms with Crippen LogP contribution in [0.2, 0.25) is 0 Å². The summed E-state index contributed by atoms with van der Waals surface area (Å²) in [6.45, 7) is 6.76. The molecule has 3 aromatic rings. The summed E-state index contributed by atoms with van der Waals surface area (Å²) >= 11 is 7.04. The van der Waals surface area contributed by atoms with Crippen molar-refractivity contribution < 1.29 is 4.90 Å². The molecule has 1 fully saturated rings. The number of hydrogen-bond acceptors (Lipinski definition) is 7. The monoisotopic (exact) mass is 400 g/mol. The van der Waals surface area contributed by atoms with E-state index >= 15 is 0 Å². The molecule has 1 aromatic carbocycles. The molecule has 9 heteroatoms. The van der Waals surface area contributed by atoms with E-state index < -0.39 is 0 Å². The minimum atomic E-state index is 0.786. The molecule has 0 unspecified atom stereocenters. The van der Waals surface area contributed by atoms with Gasteiger partial charge in [0.25, 0.3) is 0 Å². The first kappa shape index (κ1) is 18.0. The molecular formula is C18H22N7S2+. The molecule has 0 amide bonds. The standard InChI is InChI=1S/C18H21N7S2/c1-14-5-2-3-6-15(14)21-17-22-25(18(26)27-17)13-23-9-11-24(12-10-23)16-19-7-4-8-20-16/h2-8H,9-13H2,1H3,(H,21,22)/p+1. The molecule has 2 N–H and O–H groups in total. The number of benzene rings is 1. The smallest absolute Gasteiger partial charge is 0.225 e. The van der Waals surface area contributed by atoms with Gasteiger partial charge in [0.1, 0.15) is 0 Å². The SMILES string of the molecule is Cc1ccccc1Nc1nn(C[NH+]2CCN(c3ncccn3)CC2)c(=S)s1. The molecule has 1 aliphatic heterocycles. The average molecular weight is 401 g/mol. The first-order chi connectivity index (χ1) is 13.2. The second-order valence-electron chi connectivity index (χ2n) is 6.56. The largest absolute Gasteiger partial charge is 0.330 e. The van der Waals surface area contributed by atoms with Crippen LogP contribution in [0.1, 0.15) is 5.56 Å².